The maximum Gasteiger partial charge on any atom is 0.303 e. The molecule has 0 amide bonds. The summed E-state index contributed by atoms with van der Waals surface area (Å²) in [7, 11) is 1.59. The van der Waals surface area contributed by atoms with E-state index in [-0.39, 0.29) is 6.42 Å². The molecular weight excluding hydrogens is 269 g/mol. The highest BCUT2D eigenvalue weighted by Crippen LogP contribution is 2.67. The number of hydrogen-bond donors (Lipinski definition) is 1. The molecule has 0 aliphatic heterocycles. The number of benzene rings is 1. The molecule has 1 saturated carbocycles. The molecule has 0 bridgehead atoms. The molecule has 0 radical (unpaired) electrons. The zero-order valence-electron chi connectivity index (χ0n) is 10.7. The summed E-state index contributed by atoms with van der Waals surface area (Å²) in [5.74, 6) is -1.68. The summed E-state index contributed by atoms with van der Waals surface area (Å²) in [4.78, 5) is 11.0. The van der Waals surface area contributed by atoms with Crippen LogP contribution in [0.25, 0.3) is 0 Å². The number of rotatable bonds is 5. The van der Waals surface area contributed by atoms with Gasteiger partial charge in [-0.2, -0.15) is 0 Å². The van der Waals surface area contributed by atoms with Crippen LogP contribution in [0.2, 0.25) is 0 Å². The van der Waals surface area contributed by atoms with Gasteiger partial charge in [0.25, 0.3) is 5.66 Å². The largest absolute Gasteiger partial charge is 0.481 e. The molecule has 1 aliphatic carbocycles. The van der Waals surface area contributed by atoms with E-state index < -0.39 is 23.0 Å². The zero-order valence-corrected chi connectivity index (χ0v) is 11.9. The van der Waals surface area contributed by atoms with Crippen molar-refractivity contribution in [3.05, 3.63) is 35.4 Å². The second-order valence-corrected chi connectivity index (χ2v) is 6.07. The van der Waals surface area contributed by atoms with Crippen molar-refractivity contribution in [3.63, 3.8) is 0 Å². The van der Waals surface area contributed by atoms with E-state index in [1.54, 1.807) is 21.4 Å². The standard InChI is InChI=1S/C14H17F2O2P/c1-9-2-4-10(5-3-9)11(8-12(17)18)13(6-7-13)14(15,16)19/h2-5,11H,6-8,19H2,1H3,(H,17,18). The van der Waals surface area contributed by atoms with Gasteiger partial charge in [0.05, 0.1) is 6.42 Å². The Kier molecular flexibility index (Phi) is 3.65. The van der Waals surface area contributed by atoms with Gasteiger partial charge in [0.1, 0.15) is 0 Å². The van der Waals surface area contributed by atoms with Crippen LogP contribution in [-0.2, 0) is 4.79 Å². The van der Waals surface area contributed by atoms with Crippen LogP contribution in [0.4, 0.5) is 8.78 Å². The lowest BCUT2D eigenvalue weighted by atomic mass is 9.80. The maximum absolute atomic E-state index is 13.8. The van der Waals surface area contributed by atoms with E-state index in [4.69, 9.17) is 5.11 Å². The Morgan fingerprint density at radius 1 is 1.42 bits per heavy atom. The summed E-state index contributed by atoms with van der Waals surface area (Å²) >= 11 is 0. The predicted molar refractivity (Wildman–Crippen MR) is 72.5 cm³/mol. The van der Waals surface area contributed by atoms with Crippen LogP contribution < -0.4 is 0 Å². The molecule has 2 rings (SSSR count). The molecule has 1 aliphatic rings. The van der Waals surface area contributed by atoms with Crippen LogP contribution in [0.15, 0.2) is 24.3 Å². The average molecular weight is 286 g/mol. The van der Waals surface area contributed by atoms with Crippen molar-refractivity contribution in [2.24, 2.45) is 5.41 Å². The monoisotopic (exact) mass is 286 g/mol. The van der Waals surface area contributed by atoms with Gasteiger partial charge in [-0.05, 0) is 25.3 Å². The summed E-state index contributed by atoms with van der Waals surface area (Å²) < 4.78 is 27.6. The van der Waals surface area contributed by atoms with Gasteiger partial charge in [-0.25, -0.2) is 8.78 Å². The first kappa shape index (κ1) is 14.4. The summed E-state index contributed by atoms with van der Waals surface area (Å²) in [6, 6.07) is 7.20. The van der Waals surface area contributed by atoms with Gasteiger partial charge in [0.2, 0.25) is 0 Å². The quantitative estimate of drug-likeness (QED) is 0.836. The Morgan fingerprint density at radius 3 is 2.32 bits per heavy atom. The second-order valence-electron chi connectivity index (χ2n) is 5.34. The highest BCUT2D eigenvalue weighted by atomic mass is 31.0. The molecule has 0 saturated heterocycles. The lowest BCUT2D eigenvalue weighted by Gasteiger charge is -2.31. The molecule has 19 heavy (non-hydrogen) atoms. The van der Waals surface area contributed by atoms with Gasteiger partial charge in [0.15, 0.2) is 0 Å². The molecule has 2 nitrogen and oxygen atoms in total. The lowest BCUT2D eigenvalue weighted by molar-refractivity contribution is -0.138. The molecule has 1 aromatic carbocycles. The Morgan fingerprint density at radius 2 is 1.95 bits per heavy atom. The number of carboxylic acids is 1. The minimum Gasteiger partial charge on any atom is -0.481 e. The van der Waals surface area contributed by atoms with Crippen LogP contribution in [0.3, 0.4) is 0 Å². The van der Waals surface area contributed by atoms with Gasteiger partial charge in [-0.1, -0.05) is 39.1 Å². The number of hydrogen-bond acceptors (Lipinski definition) is 1. The van der Waals surface area contributed by atoms with Gasteiger partial charge < -0.3 is 5.11 Å². The zero-order chi connectivity index (χ0) is 14.3. The van der Waals surface area contributed by atoms with Crippen molar-refractivity contribution in [1.82, 2.24) is 0 Å². The SMILES string of the molecule is Cc1ccc(C(CC(=O)O)C2(C(F)(F)P)CC2)cc1. The van der Waals surface area contributed by atoms with Gasteiger partial charge in [-0.15, -0.1) is 0 Å². The highest BCUT2D eigenvalue weighted by Gasteiger charge is 2.63. The molecule has 1 fully saturated rings. The third kappa shape index (κ3) is 2.79. The normalized spacial score (nSPS) is 18.9. The summed E-state index contributed by atoms with van der Waals surface area (Å²) in [5, 5.41) is 9.00. The van der Waals surface area contributed by atoms with Crippen LogP contribution >= 0.6 is 9.24 Å². The Balaban J connectivity index is 2.37. The molecule has 5 heteroatoms. The third-order valence-corrected chi connectivity index (χ3v) is 4.55. The average Bonchev–Trinajstić information content (AvgIpc) is 3.07. The summed E-state index contributed by atoms with van der Waals surface area (Å²) in [6.07, 6.45) is 0.484. The Hall–Kier alpha value is -1.02. The predicted octanol–water partition coefficient (Wildman–Crippen LogP) is 3.80. The van der Waals surface area contributed by atoms with Crippen molar-refractivity contribution >= 4 is 15.2 Å². The van der Waals surface area contributed by atoms with E-state index in [0.717, 1.165) is 5.56 Å². The molecule has 104 valence electrons. The number of aliphatic carboxylic acids is 1. The summed E-state index contributed by atoms with van der Waals surface area (Å²) in [5.41, 5.74) is -2.43. The lowest BCUT2D eigenvalue weighted by Crippen LogP contribution is -2.31. The molecular formula is C14H17F2O2P. The molecule has 0 heterocycles. The van der Waals surface area contributed by atoms with Crippen molar-refractivity contribution in [2.45, 2.75) is 37.8 Å². The van der Waals surface area contributed by atoms with E-state index in [2.05, 4.69) is 0 Å². The molecule has 2 atom stereocenters. The fourth-order valence-corrected chi connectivity index (χ4v) is 3.14. The van der Waals surface area contributed by atoms with Gasteiger partial charge in [0, 0.05) is 11.3 Å². The number of aryl methyl sites for hydroxylation is 1. The first-order valence-corrected chi connectivity index (χ1v) is 6.79. The molecule has 1 N–H and O–H groups in total. The minimum absolute atomic E-state index is 0.257. The topological polar surface area (TPSA) is 37.3 Å². The van der Waals surface area contributed by atoms with E-state index in [1.165, 1.54) is 0 Å². The van der Waals surface area contributed by atoms with Gasteiger partial charge in [-0.3, -0.25) is 4.79 Å². The number of halogens is 2. The van der Waals surface area contributed by atoms with Crippen molar-refractivity contribution < 1.29 is 18.7 Å². The van der Waals surface area contributed by atoms with Crippen molar-refractivity contribution in [3.8, 4) is 0 Å². The molecule has 2 unspecified atom stereocenters. The fraction of sp³-hybridized carbons (Fsp3) is 0.500. The molecule has 0 spiro atoms. The van der Waals surface area contributed by atoms with Crippen LogP contribution in [0, 0.1) is 12.3 Å². The summed E-state index contributed by atoms with van der Waals surface area (Å²) in [6.45, 7) is 1.91. The van der Waals surface area contributed by atoms with Gasteiger partial charge >= 0.3 is 5.97 Å². The van der Waals surface area contributed by atoms with E-state index >= 15 is 0 Å². The number of carbonyl (C=O) groups is 1. The van der Waals surface area contributed by atoms with Crippen molar-refractivity contribution in [2.75, 3.05) is 0 Å². The fourth-order valence-electron chi connectivity index (χ4n) is 2.65. The van der Waals surface area contributed by atoms with E-state index in [0.29, 0.717) is 18.4 Å². The number of alkyl halides is 2. The first-order valence-electron chi connectivity index (χ1n) is 6.21. The van der Waals surface area contributed by atoms with E-state index in [9.17, 15) is 13.6 Å². The Labute approximate surface area is 113 Å². The number of carboxylic acid groups (broad SMARTS) is 1. The molecule has 0 aromatic heterocycles. The van der Waals surface area contributed by atoms with Crippen LogP contribution in [0.5, 0.6) is 0 Å². The minimum atomic E-state index is -2.93. The van der Waals surface area contributed by atoms with Crippen LogP contribution in [-0.4, -0.2) is 16.7 Å². The van der Waals surface area contributed by atoms with E-state index in [1.807, 2.05) is 19.1 Å². The van der Waals surface area contributed by atoms with Crippen molar-refractivity contribution in [1.29, 1.82) is 0 Å². The third-order valence-electron chi connectivity index (χ3n) is 3.98. The second kappa shape index (κ2) is 4.82. The highest BCUT2D eigenvalue weighted by molar-refractivity contribution is 7.18. The van der Waals surface area contributed by atoms with Crippen LogP contribution in [0.1, 0.15) is 36.3 Å². The maximum atomic E-state index is 13.8. The smallest absolute Gasteiger partial charge is 0.303 e. The molecule has 1 aromatic rings. The Bertz CT molecular complexity index is 475. The first-order chi connectivity index (χ1) is 8.76.